The van der Waals surface area contributed by atoms with Crippen LogP contribution in [0.2, 0.25) is 0 Å². The van der Waals surface area contributed by atoms with Crippen molar-refractivity contribution < 1.29 is 19.7 Å². The monoisotopic (exact) mass is 202 g/mol. The van der Waals surface area contributed by atoms with Gasteiger partial charge < -0.3 is 14.9 Å². The fraction of sp³-hybridized carbons (Fsp3) is 0.700. The Labute approximate surface area is 84.2 Å². The summed E-state index contributed by atoms with van der Waals surface area (Å²) in [5.41, 5.74) is 0.277. The van der Waals surface area contributed by atoms with Crippen molar-refractivity contribution in [1.29, 1.82) is 0 Å². The number of esters is 1. The SMILES string of the molecule is C=C(C)C(=O)OC(O)CCCCCO. The number of carbonyl (C=O) groups excluding carboxylic acids is 1. The van der Waals surface area contributed by atoms with E-state index in [0.717, 1.165) is 12.8 Å². The molecule has 0 aliphatic carbocycles. The second kappa shape index (κ2) is 7.53. The molecule has 4 nitrogen and oxygen atoms in total. The zero-order chi connectivity index (χ0) is 11.0. The number of hydrogen-bond acceptors (Lipinski definition) is 4. The zero-order valence-electron chi connectivity index (χ0n) is 8.53. The minimum absolute atomic E-state index is 0.154. The molecule has 0 aromatic heterocycles. The highest BCUT2D eigenvalue weighted by Crippen LogP contribution is 2.06. The van der Waals surface area contributed by atoms with Crippen LogP contribution in [0.4, 0.5) is 0 Å². The Bertz CT molecular complexity index is 189. The van der Waals surface area contributed by atoms with Gasteiger partial charge in [-0.25, -0.2) is 4.79 Å². The van der Waals surface area contributed by atoms with E-state index >= 15 is 0 Å². The van der Waals surface area contributed by atoms with E-state index in [4.69, 9.17) is 5.11 Å². The Morgan fingerprint density at radius 1 is 1.43 bits per heavy atom. The largest absolute Gasteiger partial charge is 0.433 e. The van der Waals surface area contributed by atoms with Crippen LogP contribution in [-0.2, 0) is 9.53 Å². The van der Waals surface area contributed by atoms with Crippen molar-refractivity contribution in [2.75, 3.05) is 6.61 Å². The van der Waals surface area contributed by atoms with Gasteiger partial charge in [0.15, 0.2) is 0 Å². The van der Waals surface area contributed by atoms with E-state index in [9.17, 15) is 9.90 Å². The molecule has 82 valence electrons. The van der Waals surface area contributed by atoms with Gasteiger partial charge in [0.1, 0.15) is 0 Å². The maximum absolute atomic E-state index is 10.9. The average molecular weight is 202 g/mol. The molecule has 0 saturated carbocycles. The summed E-state index contributed by atoms with van der Waals surface area (Å²) in [6.07, 6.45) is 1.60. The van der Waals surface area contributed by atoms with Crippen LogP contribution in [0.3, 0.4) is 0 Å². The van der Waals surface area contributed by atoms with Crippen LogP contribution in [-0.4, -0.2) is 29.1 Å². The molecule has 0 heterocycles. The Morgan fingerprint density at radius 2 is 2.07 bits per heavy atom. The molecule has 0 aromatic carbocycles. The number of rotatable bonds is 7. The van der Waals surface area contributed by atoms with Crippen molar-refractivity contribution in [2.45, 2.75) is 38.9 Å². The van der Waals surface area contributed by atoms with Crippen LogP contribution < -0.4 is 0 Å². The van der Waals surface area contributed by atoms with Crippen molar-refractivity contribution >= 4 is 5.97 Å². The summed E-state index contributed by atoms with van der Waals surface area (Å²) in [5, 5.41) is 17.7. The minimum Gasteiger partial charge on any atom is -0.433 e. The van der Waals surface area contributed by atoms with E-state index in [1.54, 1.807) is 0 Å². The lowest BCUT2D eigenvalue weighted by Crippen LogP contribution is -2.17. The topological polar surface area (TPSA) is 66.8 Å². The second-order valence-corrected chi connectivity index (χ2v) is 3.21. The lowest BCUT2D eigenvalue weighted by atomic mass is 10.2. The summed E-state index contributed by atoms with van der Waals surface area (Å²) in [6, 6.07) is 0. The molecule has 0 saturated heterocycles. The predicted octanol–water partition coefficient (Wildman–Crippen LogP) is 0.977. The maximum atomic E-state index is 10.9. The van der Waals surface area contributed by atoms with Crippen molar-refractivity contribution in [3.8, 4) is 0 Å². The summed E-state index contributed by atoms with van der Waals surface area (Å²) >= 11 is 0. The number of unbranched alkanes of at least 4 members (excludes halogenated alkanes) is 2. The Balaban J connectivity index is 3.50. The smallest absolute Gasteiger partial charge is 0.335 e. The Morgan fingerprint density at radius 3 is 2.57 bits per heavy atom. The molecular weight excluding hydrogens is 184 g/mol. The molecule has 0 aliphatic heterocycles. The van der Waals surface area contributed by atoms with E-state index in [1.807, 2.05) is 0 Å². The van der Waals surface area contributed by atoms with Gasteiger partial charge in [0.2, 0.25) is 6.29 Å². The van der Waals surface area contributed by atoms with Gasteiger partial charge >= 0.3 is 5.97 Å². The highest BCUT2D eigenvalue weighted by Gasteiger charge is 2.10. The maximum Gasteiger partial charge on any atom is 0.335 e. The van der Waals surface area contributed by atoms with Crippen molar-refractivity contribution in [3.63, 3.8) is 0 Å². The first-order valence-corrected chi connectivity index (χ1v) is 4.73. The number of aliphatic hydroxyl groups excluding tert-OH is 2. The van der Waals surface area contributed by atoms with Crippen molar-refractivity contribution in [3.05, 3.63) is 12.2 Å². The van der Waals surface area contributed by atoms with E-state index in [0.29, 0.717) is 12.8 Å². The van der Waals surface area contributed by atoms with Crippen molar-refractivity contribution in [2.24, 2.45) is 0 Å². The minimum atomic E-state index is -1.06. The van der Waals surface area contributed by atoms with Gasteiger partial charge in [0.05, 0.1) is 0 Å². The molecule has 14 heavy (non-hydrogen) atoms. The standard InChI is InChI=1S/C10H18O4/c1-8(2)10(13)14-9(12)6-4-3-5-7-11/h9,11-12H,1,3-7H2,2H3. The van der Waals surface area contributed by atoms with Crippen LogP contribution in [0.25, 0.3) is 0 Å². The Hall–Kier alpha value is -0.870. The van der Waals surface area contributed by atoms with E-state index in [1.165, 1.54) is 6.92 Å². The summed E-state index contributed by atoms with van der Waals surface area (Å²) in [5.74, 6) is -0.570. The number of aliphatic hydroxyl groups is 2. The number of carbonyl (C=O) groups is 1. The van der Waals surface area contributed by atoms with E-state index < -0.39 is 12.3 Å². The van der Waals surface area contributed by atoms with E-state index in [2.05, 4.69) is 11.3 Å². The van der Waals surface area contributed by atoms with Crippen LogP contribution in [0, 0.1) is 0 Å². The quantitative estimate of drug-likeness (QED) is 0.279. The number of ether oxygens (including phenoxy) is 1. The van der Waals surface area contributed by atoms with Crippen molar-refractivity contribution in [1.82, 2.24) is 0 Å². The van der Waals surface area contributed by atoms with Crippen LogP contribution in [0.15, 0.2) is 12.2 Å². The normalized spacial score (nSPS) is 12.2. The molecule has 0 amide bonds. The predicted molar refractivity (Wildman–Crippen MR) is 52.5 cm³/mol. The molecule has 0 aliphatic rings. The molecule has 0 radical (unpaired) electrons. The molecule has 0 bridgehead atoms. The third-order valence-corrected chi connectivity index (χ3v) is 1.70. The third kappa shape index (κ3) is 6.62. The summed E-state index contributed by atoms with van der Waals surface area (Å²) < 4.78 is 4.65. The lowest BCUT2D eigenvalue weighted by molar-refractivity contribution is -0.163. The van der Waals surface area contributed by atoms with E-state index in [-0.39, 0.29) is 12.2 Å². The zero-order valence-corrected chi connectivity index (χ0v) is 8.53. The first-order chi connectivity index (χ1) is 6.57. The van der Waals surface area contributed by atoms with Gasteiger partial charge in [0.25, 0.3) is 0 Å². The fourth-order valence-corrected chi connectivity index (χ4v) is 0.891. The van der Waals surface area contributed by atoms with Crippen LogP contribution in [0.1, 0.15) is 32.6 Å². The molecule has 0 aromatic rings. The van der Waals surface area contributed by atoms with Gasteiger partial charge in [-0.2, -0.15) is 0 Å². The highest BCUT2D eigenvalue weighted by atomic mass is 16.6. The Kier molecular flexibility index (Phi) is 7.06. The molecule has 2 N–H and O–H groups in total. The van der Waals surface area contributed by atoms with Gasteiger partial charge in [-0.3, -0.25) is 0 Å². The molecule has 1 unspecified atom stereocenters. The molecule has 0 spiro atoms. The van der Waals surface area contributed by atoms with Gasteiger partial charge in [-0.1, -0.05) is 13.0 Å². The summed E-state index contributed by atoms with van der Waals surface area (Å²) in [4.78, 5) is 10.9. The first kappa shape index (κ1) is 13.1. The second-order valence-electron chi connectivity index (χ2n) is 3.21. The summed E-state index contributed by atoms with van der Waals surface area (Å²) in [6.45, 7) is 5.08. The third-order valence-electron chi connectivity index (χ3n) is 1.70. The highest BCUT2D eigenvalue weighted by molar-refractivity contribution is 5.86. The molecular formula is C10H18O4. The molecule has 0 rings (SSSR count). The fourth-order valence-electron chi connectivity index (χ4n) is 0.891. The molecule has 0 fully saturated rings. The first-order valence-electron chi connectivity index (χ1n) is 4.73. The lowest BCUT2D eigenvalue weighted by Gasteiger charge is -2.11. The average Bonchev–Trinajstić information content (AvgIpc) is 2.12. The number of hydrogen-bond donors (Lipinski definition) is 2. The van der Waals surface area contributed by atoms with Gasteiger partial charge in [0, 0.05) is 18.6 Å². The summed E-state index contributed by atoms with van der Waals surface area (Å²) in [7, 11) is 0. The molecule has 4 heteroatoms. The van der Waals surface area contributed by atoms with Crippen LogP contribution >= 0.6 is 0 Å². The molecule has 1 atom stereocenters. The van der Waals surface area contributed by atoms with Gasteiger partial charge in [-0.15, -0.1) is 0 Å². The van der Waals surface area contributed by atoms with Gasteiger partial charge in [-0.05, 0) is 19.8 Å². The van der Waals surface area contributed by atoms with Crippen LogP contribution in [0.5, 0.6) is 0 Å².